The molecule has 1 aliphatic heterocycles. The number of hydrogen-bond donors (Lipinski definition) is 1. The van der Waals surface area contributed by atoms with Gasteiger partial charge in [-0.1, -0.05) is 23.8 Å². The maximum atomic E-state index is 13.6. The fraction of sp³-hybridized carbons (Fsp3) is 0.286. The number of allylic oxidation sites excluding steroid dienone is 1. The van der Waals surface area contributed by atoms with Crippen molar-refractivity contribution in [1.82, 2.24) is 5.32 Å². The molecule has 0 aliphatic carbocycles. The molecular formula is C14H15FN2OS. The minimum Gasteiger partial charge on any atom is -0.358 e. The van der Waals surface area contributed by atoms with E-state index < -0.39 is 0 Å². The van der Waals surface area contributed by atoms with Crippen molar-refractivity contribution in [3.63, 3.8) is 0 Å². The van der Waals surface area contributed by atoms with Crippen LogP contribution in [0, 0.1) is 5.82 Å². The molecule has 1 heterocycles. The molecule has 19 heavy (non-hydrogen) atoms. The molecule has 0 fully saturated rings. The molecule has 1 aliphatic rings. The number of amides is 1. The van der Waals surface area contributed by atoms with Gasteiger partial charge >= 0.3 is 0 Å². The molecule has 0 spiro atoms. The van der Waals surface area contributed by atoms with Gasteiger partial charge in [0.25, 0.3) is 5.91 Å². The van der Waals surface area contributed by atoms with Crippen molar-refractivity contribution in [2.45, 2.75) is 26.8 Å². The number of benzene rings is 1. The van der Waals surface area contributed by atoms with E-state index in [1.54, 1.807) is 18.2 Å². The Hall–Kier alpha value is -1.62. The number of aliphatic imine (C=N–C) groups is 1. The minimum absolute atomic E-state index is 0.228. The predicted molar refractivity (Wildman–Crippen MR) is 76.4 cm³/mol. The third kappa shape index (κ3) is 3.04. The Bertz CT molecular complexity index is 577. The summed E-state index contributed by atoms with van der Waals surface area (Å²) in [6.07, 6.45) is 0. The van der Waals surface area contributed by atoms with Crippen LogP contribution in [0.1, 0.15) is 32.4 Å². The van der Waals surface area contributed by atoms with E-state index in [-0.39, 0.29) is 17.8 Å². The minimum atomic E-state index is -0.264. The number of halogens is 1. The number of carbonyl (C=O) groups excluding carboxylic acids is 1. The van der Waals surface area contributed by atoms with Gasteiger partial charge in [-0.05, 0) is 38.6 Å². The summed E-state index contributed by atoms with van der Waals surface area (Å²) in [6.45, 7) is 5.59. The van der Waals surface area contributed by atoms with E-state index in [1.807, 2.05) is 20.8 Å². The molecule has 5 heteroatoms. The topological polar surface area (TPSA) is 41.5 Å². The predicted octanol–water partition coefficient (Wildman–Crippen LogP) is 3.40. The van der Waals surface area contributed by atoms with Gasteiger partial charge in [0.1, 0.15) is 5.82 Å². The standard InChI is InChI=1S/C14H15FN2OS/c1-8(2)12-13(18)17-14(19-12)16-9(3)10-6-4-5-7-11(10)15/h4-7,9H,1-3H3,(H,16,17,18)/t9-/m0/s1. The molecule has 1 aromatic carbocycles. The zero-order valence-electron chi connectivity index (χ0n) is 11.0. The second-order valence-electron chi connectivity index (χ2n) is 4.54. The Kier molecular flexibility index (Phi) is 4.04. The van der Waals surface area contributed by atoms with Crippen LogP contribution < -0.4 is 5.32 Å². The summed E-state index contributed by atoms with van der Waals surface area (Å²) >= 11 is 1.30. The molecule has 1 N–H and O–H groups in total. The number of rotatable bonds is 2. The van der Waals surface area contributed by atoms with E-state index in [1.165, 1.54) is 17.8 Å². The Morgan fingerprint density at radius 1 is 1.37 bits per heavy atom. The van der Waals surface area contributed by atoms with Crippen LogP contribution in [0.4, 0.5) is 4.39 Å². The van der Waals surface area contributed by atoms with E-state index in [0.29, 0.717) is 15.6 Å². The molecule has 100 valence electrons. The monoisotopic (exact) mass is 278 g/mol. The van der Waals surface area contributed by atoms with Gasteiger partial charge in [0.05, 0.1) is 10.9 Å². The Morgan fingerprint density at radius 2 is 2.05 bits per heavy atom. The average molecular weight is 278 g/mol. The summed E-state index contributed by atoms with van der Waals surface area (Å²) in [5.41, 5.74) is 1.50. The van der Waals surface area contributed by atoms with Gasteiger partial charge in [0.15, 0.2) is 5.17 Å². The van der Waals surface area contributed by atoms with Crippen molar-refractivity contribution < 1.29 is 9.18 Å². The number of nitrogens with zero attached hydrogens (tertiary/aromatic N) is 1. The molecule has 0 aromatic heterocycles. The maximum absolute atomic E-state index is 13.6. The highest BCUT2D eigenvalue weighted by atomic mass is 32.2. The highest BCUT2D eigenvalue weighted by molar-refractivity contribution is 8.18. The summed E-state index contributed by atoms with van der Waals surface area (Å²) in [4.78, 5) is 16.2. The largest absolute Gasteiger partial charge is 0.358 e. The normalized spacial score (nSPS) is 16.3. The SMILES string of the molecule is CC(C)=C1SC(N[C@@H](C)c2ccccc2F)=NC1=O. The van der Waals surface area contributed by atoms with E-state index in [2.05, 4.69) is 10.3 Å². The lowest BCUT2D eigenvalue weighted by atomic mass is 10.1. The fourth-order valence-electron chi connectivity index (χ4n) is 1.77. The van der Waals surface area contributed by atoms with Crippen LogP contribution in [0.5, 0.6) is 0 Å². The van der Waals surface area contributed by atoms with Crippen LogP contribution in [0.25, 0.3) is 0 Å². The first kappa shape index (κ1) is 13.8. The van der Waals surface area contributed by atoms with Crippen LogP contribution in [-0.2, 0) is 4.79 Å². The first-order valence-electron chi connectivity index (χ1n) is 5.98. The molecule has 3 nitrogen and oxygen atoms in total. The van der Waals surface area contributed by atoms with Gasteiger partial charge in [-0.3, -0.25) is 4.79 Å². The Balaban J connectivity index is 2.12. The molecule has 0 radical (unpaired) electrons. The van der Waals surface area contributed by atoms with Crippen molar-refractivity contribution in [2.75, 3.05) is 0 Å². The van der Waals surface area contributed by atoms with Gasteiger partial charge in [0, 0.05) is 5.56 Å². The van der Waals surface area contributed by atoms with E-state index in [0.717, 1.165) is 5.57 Å². The second kappa shape index (κ2) is 5.57. The lowest BCUT2D eigenvalue weighted by molar-refractivity contribution is -0.113. The summed E-state index contributed by atoms with van der Waals surface area (Å²) in [6, 6.07) is 6.34. The third-order valence-corrected chi connectivity index (χ3v) is 3.95. The molecular weight excluding hydrogens is 263 g/mol. The van der Waals surface area contributed by atoms with Crippen LogP contribution in [-0.4, -0.2) is 11.1 Å². The van der Waals surface area contributed by atoms with Crippen molar-refractivity contribution >= 4 is 22.8 Å². The van der Waals surface area contributed by atoms with Crippen LogP contribution in [0.3, 0.4) is 0 Å². The number of hydrogen-bond acceptors (Lipinski definition) is 3. The lowest BCUT2D eigenvalue weighted by Gasteiger charge is -2.15. The number of thioether (sulfide) groups is 1. The van der Waals surface area contributed by atoms with Crippen molar-refractivity contribution in [2.24, 2.45) is 4.99 Å². The quantitative estimate of drug-likeness (QED) is 0.843. The van der Waals surface area contributed by atoms with E-state index in [9.17, 15) is 9.18 Å². The van der Waals surface area contributed by atoms with Crippen molar-refractivity contribution in [3.8, 4) is 0 Å². The smallest absolute Gasteiger partial charge is 0.286 e. The van der Waals surface area contributed by atoms with Gasteiger partial charge in [-0.2, -0.15) is 4.99 Å². The lowest BCUT2D eigenvalue weighted by Crippen LogP contribution is -2.23. The highest BCUT2D eigenvalue weighted by Crippen LogP contribution is 2.29. The molecule has 1 amide bonds. The van der Waals surface area contributed by atoms with Crippen LogP contribution >= 0.6 is 11.8 Å². The number of carbonyl (C=O) groups is 1. The van der Waals surface area contributed by atoms with E-state index >= 15 is 0 Å². The van der Waals surface area contributed by atoms with Crippen LogP contribution in [0.15, 0.2) is 39.7 Å². The van der Waals surface area contributed by atoms with E-state index in [4.69, 9.17) is 0 Å². The second-order valence-corrected chi connectivity index (χ2v) is 5.54. The first-order chi connectivity index (χ1) is 8.99. The van der Waals surface area contributed by atoms with Crippen LogP contribution in [0.2, 0.25) is 0 Å². The van der Waals surface area contributed by atoms with Gasteiger partial charge in [-0.15, -0.1) is 0 Å². The molecule has 0 saturated carbocycles. The molecule has 1 aromatic rings. The number of amidine groups is 1. The Morgan fingerprint density at radius 3 is 2.63 bits per heavy atom. The molecule has 0 bridgehead atoms. The van der Waals surface area contributed by atoms with Crippen molar-refractivity contribution in [1.29, 1.82) is 0 Å². The molecule has 2 rings (SSSR count). The summed E-state index contributed by atoms with van der Waals surface area (Å²) in [7, 11) is 0. The maximum Gasteiger partial charge on any atom is 0.286 e. The summed E-state index contributed by atoms with van der Waals surface area (Å²) in [5, 5.41) is 3.59. The van der Waals surface area contributed by atoms with Gasteiger partial charge in [-0.25, -0.2) is 4.39 Å². The molecule has 0 unspecified atom stereocenters. The highest BCUT2D eigenvalue weighted by Gasteiger charge is 2.24. The Labute approximate surface area is 116 Å². The fourth-order valence-corrected chi connectivity index (χ4v) is 2.67. The third-order valence-electron chi connectivity index (χ3n) is 2.76. The van der Waals surface area contributed by atoms with Gasteiger partial charge in [0.2, 0.25) is 0 Å². The molecule has 0 saturated heterocycles. The number of nitrogens with one attached hydrogen (secondary N) is 1. The molecule has 1 atom stereocenters. The van der Waals surface area contributed by atoms with Crippen molar-refractivity contribution in [3.05, 3.63) is 46.1 Å². The zero-order chi connectivity index (χ0) is 14.0. The first-order valence-corrected chi connectivity index (χ1v) is 6.80. The summed E-state index contributed by atoms with van der Waals surface area (Å²) < 4.78 is 13.6. The zero-order valence-corrected chi connectivity index (χ0v) is 11.8. The summed E-state index contributed by atoms with van der Waals surface area (Å²) in [5.74, 6) is -0.493. The van der Waals surface area contributed by atoms with Gasteiger partial charge < -0.3 is 5.32 Å². The average Bonchev–Trinajstić information content (AvgIpc) is 2.70.